The van der Waals surface area contributed by atoms with E-state index < -0.39 is 0 Å². The van der Waals surface area contributed by atoms with Crippen LogP contribution in [0, 0.1) is 0 Å². The van der Waals surface area contributed by atoms with Crippen LogP contribution in [0.5, 0.6) is 0 Å². The van der Waals surface area contributed by atoms with Crippen molar-refractivity contribution in [3.8, 4) is 0 Å². The lowest BCUT2D eigenvalue weighted by Gasteiger charge is -2.08. The third kappa shape index (κ3) is 3.46. The predicted octanol–water partition coefficient (Wildman–Crippen LogP) is 2.66. The van der Waals surface area contributed by atoms with Crippen molar-refractivity contribution in [1.82, 2.24) is 9.78 Å². The second-order valence-electron chi connectivity index (χ2n) is 3.38. The number of aromatic nitrogens is 2. The minimum Gasteiger partial charge on any atom is -0.353 e. The summed E-state index contributed by atoms with van der Waals surface area (Å²) in [5.74, 6) is 0. The summed E-state index contributed by atoms with van der Waals surface area (Å²) in [6.45, 7) is 7.20. The van der Waals surface area contributed by atoms with Crippen molar-refractivity contribution in [2.24, 2.45) is 7.05 Å². The molecule has 0 aliphatic heterocycles. The van der Waals surface area contributed by atoms with E-state index in [-0.39, 0.29) is 10.6 Å². The van der Waals surface area contributed by atoms with Crippen LogP contribution in [0.3, 0.4) is 0 Å². The largest absolute Gasteiger partial charge is 0.353 e. The minimum atomic E-state index is -0.354. The summed E-state index contributed by atoms with van der Waals surface area (Å²) in [5.41, 5.74) is 0.816. The highest BCUT2D eigenvalue weighted by Gasteiger charge is 2.07. The van der Waals surface area contributed by atoms with Crippen LogP contribution in [0.2, 0.25) is 5.02 Å². The summed E-state index contributed by atoms with van der Waals surface area (Å²) in [6.07, 6.45) is 10.0. The lowest BCUT2D eigenvalue weighted by molar-refractivity contribution is 0.709. The molecule has 94 valence electrons. The number of hydrogen-bond donors (Lipinski definition) is 1. The average molecular weight is 264 g/mol. The van der Waals surface area contributed by atoms with Gasteiger partial charge in [-0.3, -0.25) is 4.79 Å². The van der Waals surface area contributed by atoms with Gasteiger partial charge in [0, 0.05) is 12.7 Å². The van der Waals surface area contributed by atoms with Gasteiger partial charge in [0.1, 0.15) is 5.02 Å². The number of hydrogen-bond acceptors (Lipinski definition) is 3. The molecule has 1 heterocycles. The van der Waals surface area contributed by atoms with Gasteiger partial charge in [0.05, 0.1) is 11.9 Å². The molecule has 0 amide bonds. The molecule has 18 heavy (non-hydrogen) atoms. The quantitative estimate of drug-likeness (QED) is 0.831. The molecule has 5 heteroatoms. The topological polar surface area (TPSA) is 46.9 Å². The molecular formula is C13H14ClN3O. The van der Waals surface area contributed by atoms with E-state index in [9.17, 15) is 4.79 Å². The Hall–Kier alpha value is -2.07. The number of allylic oxidation sites excluding steroid dienone is 5. The molecule has 0 unspecified atom stereocenters. The first-order valence-corrected chi connectivity index (χ1v) is 5.58. The van der Waals surface area contributed by atoms with Crippen LogP contribution in [-0.4, -0.2) is 9.78 Å². The van der Waals surface area contributed by atoms with Crippen LogP contribution in [0.1, 0.15) is 0 Å². The second-order valence-corrected chi connectivity index (χ2v) is 3.76. The molecule has 0 saturated heterocycles. The van der Waals surface area contributed by atoms with Crippen molar-refractivity contribution in [3.63, 3.8) is 0 Å². The number of halogens is 1. The van der Waals surface area contributed by atoms with Gasteiger partial charge in [0.25, 0.3) is 5.56 Å². The van der Waals surface area contributed by atoms with Gasteiger partial charge in [-0.1, -0.05) is 43.0 Å². The SMILES string of the molecule is C=C/C=C\C(=C/C=C)Nc1cnn(C)c(=O)c1Cl. The maximum absolute atomic E-state index is 11.6. The molecule has 0 atom stereocenters. The molecular weight excluding hydrogens is 250 g/mol. The van der Waals surface area contributed by atoms with Gasteiger partial charge in [0.2, 0.25) is 0 Å². The Kier molecular flexibility index (Phi) is 5.14. The Bertz CT molecular complexity index is 570. The second kappa shape index (κ2) is 6.61. The van der Waals surface area contributed by atoms with Crippen molar-refractivity contribution in [2.45, 2.75) is 0 Å². The summed E-state index contributed by atoms with van der Waals surface area (Å²) in [4.78, 5) is 11.6. The van der Waals surface area contributed by atoms with Gasteiger partial charge in [-0.15, -0.1) is 0 Å². The number of aryl methyl sites for hydroxylation is 1. The molecule has 0 spiro atoms. The zero-order valence-corrected chi connectivity index (χ0v) is 10.8. The zero-order valence-electron chi connectivity index (χ0n) is 10.1. The summed E-state index contributed by atoms with van der Waals surface area (Å²) >= 11 is 5.94. The molecule has 1 aromatic heterocycles. The minimum absolute atomic E-state index is 0.0921. The van der Waals surface area contributed by atoms with Gasteiger partial charge >= 0.3 is 0 Å². The highest BCUT2D eigenvalue weighted by atomic mass is 35.5. The lowest BCUT2D eigenvalue weighted by atomic mass is 10.3. The fourth-order valence-electron chi connectivity index (χ4n) is 1.19. The molecule has 0 radical (unpaired) electrons. The molecule has 0 bridgehead atoms. The monoisotopic (exact) mass is 263 g/mol. The van der Waals surface area contributed by atoms with Crippen molar-refractivity contribution in [2.75, 3.05) is 5.32 Å². The third-order valence-corrected chi connectivity index (χ3v) is 2.43. The van der Waals surface area contributed by atoms with Crippen molar-refractivity contribution in [3.05, 3.63) is 70.8 Å². The smallest absolute Gasteiger partial charge is 0.287 e. The van der Waals surface area contributed by atoms with Crippen LogP contribution in [0.15, 0.2) is 60.2 Å². The van der Waals surface area contributed by atoms with E-state index in [1.165, 1.54) is 17.9 Å². The van der Waals surface area contributed by atoms with Crippen LogP contribution in [-0.2, 0) is 7.05 Å². The highest BCUT2D eigenvalue weighted by Crippen LogP contribution is 2.17. The molecule has 4 nitrogen and oxygen atoms in total. The van der Waals surface area contributed by atoms with E-state index in [1.807, 2.05) is 0 Å². The van der Waals surface area contributed by atoms with Crippen molar-refractivity contribution < 1.29 is 0 Å². The normalized spacial score (nSPS) is 11.6. The van der Waals surface area contributed by atoms with Gasteiger partial charge in [0.15, 0.2) is 0 Å². The molecule has 1 N–H and O–H groups in total. The number of nitrogens with zero attached hydrogens (tertiary/aromatic N) is 2. The highest BCUT2D eigenvalue weighted by molar-refractivity contribution is 6.33. The van der Waals surface area contributed by atoms with Crippen molar-refractivity contribution >= 4 is 17.3 Å². The van der Waals surface area contributed by atoms with Crippen molar-refractivity contribution in [1.29, 1.82) is 0 Å². The molecule has 1 aromatic rings. The molecule has 0 aliphatic carbocycles. The van der Waals surface area contributed by atoms with E-state index in [0.717, 1.165) is 5.70 Å². The van der Waals surface area contributed by atoms with Crippen LogP contribution < -0.4 is 10.9 Å². The Balaban J connectivity index is 3.09. The fraction of sp³-hybridized carbons (Fsp3) is 0.0769. The zero-order chi connectivity index (χ0) is 13.5. The molecule has 0 aliphatic rings. The molecule has 0 fully saturated rings. The predicted molar refractivity (Wildman–Crippen MR) is 75.7 cm³/mol. The van der Waals surface area contributed by atoms with E-state index >= 15 is 0 Å². The summed E-state index contributed by atoms with van der Waals surface area (Å²) in [5, 5.41) is 6.98. The number of rotatable bonds is 5. The van der Waals surface area contributed by atoms with Crippen LogP contribution in [0.25, 0.3) is 0 Å². The Morgan fingerprint density at radius 2 is 2.22 bits per heavy atom. The Morgan fingerprint density at radius 3 is 2.83 bits per heavy atom. The van der Waals surface area contributed by atoms with E-state index in [4.69, 9.17) is 11.6 Å². The summed E-state index contributed by atoms with van der Waals surface area (Å²) < 4.78 is 1.17. The first-order valence-electron chi connectivity index (χ1n) is 5.20. The average Bonchev–Trinajstić information content (AvgIpc) is 2.36. The fourth-order valence-corrected chi connectivity index (χ4v) is 1.41. The van der Waals surface area contributed by atoms with Gasteiger partial charge in [-0.2, -0.15) is 5.10 Å². The molecule has 0 aromatic carbocycles. The van der Waals surface area contributed by atoms with E-state index in [0.29, 0.717) is 5.69 Å². The third-order valence-electron chi connectivity index (χ3n) is 2.07. The first-order chi connectivity index (χ1) is 8.60. The standard InChI is InChI=1S/C13H14ClN3O/c1-4-6-8-10(7-5-2)16-11-9-15-17(3)13(18)12(11)14/h4-9,16H,1-2H2,3H3/b8-6-,10-7+. The number of nitrogens with one attached hydrogen (secondary N) is 1. The molecule has 0 saturated carbocycles. The van der Waals surface area contributed by atoms with Crippen LogP contribution >= 0.6 is 11.6 Å². The van der Waals surface area contributed by atoms with E-state index in [2.05, 4.69) is 23.6 Å². The number of anilines is 1. The Labute approximate surface area is 111 Å². The van der Waals surface area contributed by atoms with Gasteiger partial charge in [-0.25, -0.2) is 4.68 Å². The Morgan fingerprint density at radius 1 is 1.50 bits per heavy atom. The first kappa shape index (κ1) is 14.0. The molecule has 1 rings (SSSR count). The van der Waals surface area contributed by atoms with E-state index in [1.54, 1.807) is 30.4 Å². The lowest BCUT2D eigenvalue weighted by Crippen LogP contribution is -2.20. The maximum Gasteiger partial charge on any atom is 0.287 e. The van der Waals surface area contributed by atoms with Crippen LogP contribution in [0.4, 0.5) is 5.69 Å². The summed E-state index contributed by atoms with van der Waals surface area (Å²) in [7, 11) is 1.54. The summed E-state index contributed by atoms with van der Waals surface area (Å²) in [6, 6.07) is 0. The van der Waals surface area contributed by atoms with Gasteiger partial charge in [-0.05, 0) is 12.2 Å². The van der Waals surface area contributed by atoms with Gasteiger partial charge < -0.3 is 5.32 Å². The maximum atomic E-state index is 11.6.